The molecule has 194 valence electrons. The molecule has 2 aromatic carbocycles. The van der Waals surface area contributed by atoms with Crippen LogP contribution in [0.3, 0.4) is 0 Å². The Morgan fingerprint density at radius 1 is 1.08 bits per heavy atom. The van der Waals surface area contributed by atoms with E-state index in [2.05, 4.69) is 20.8 Å². The van der Waals surface area contributed by atoms with E-state index in [1.54, 1.807) is 13.2 Å². The van der Waals surface area contributed by atoms with Crippen LogP contribution in [0.15, 0.2) is 48.0 Å². The van der Waals surface area contributed by atoms with Crippen LogP contribution in [0.2, 0.25) is 0 Å². The van der Waals surface area contributed by atoms with E-state index in [-0.39, 0.29) is 16.7 Å². The number of ether oxygens (including phenoxy) is 2. The number of rotatable bonds is 9. The zero-order chi connectivity index (χ0) is 26.6. The minimum Gasteiger partial charge on any atom is -0.507 e. The standard InChI is InChI=1S/C29H38N2O5/c1-8-36-23-15-12-20(18-22(23)29(2,3)4)26(32)24-25(19-10-13-21(14-11-19)30(5)6)31(16-9-17-35-7)28(34)27(24)33/h10-15,18,25,32H,8-9,16-17H2,1-7H3/b26-24-. The molecule has 0 radical (unpaired) electrons. The molecule has 1 fully saturated rings. The number of benzene rings is 2. The molecule has 0 aromatic heterocycles. The highest BCUT2D eigenvalue weighted by atomic mass is 16.5. The van der Waals surface area contributed by atoms with Crippen LogP contribution in [0.4, 0.5) is 5.69 Å². The number of Topliss-reactive ketones (excluding diaryl/α,β-unsaturated/α-hetero) is 1. The van der Waals surface area contributed by atoms with E-state index >= 15 is 0 Å². The summed E-state index contributed by atoms with van der Waals surface area (Å²) in [6.45, 7) is 9.44. The fourth-order valence-electron chi connectivity index (χ4n) is 4.49. The van der Waals surface area contributed by atoms with Gasteiger partial charge >= 0.3 is 0 Å². The summed E-state index contributed by atoms with van der Waals surface area (Å²) in [6.07, 6.45) is 0.576. The number of likely N-dealkylation sites (tertiary alicyclic amines) is 1. The van der Waals surface area contributed by atoms with Gasteiger partial charge in [-0.2, -0.15) is 0 Å². The van der Waals surface area contributed by atoms with E-state index in [9.17, 15) is 14.7 Å². The van der Waals surface area contributed by atoms with E-state index in [1.165, 1.54) is 4.90 Å². The van der Waals surface area contributed by atoms with Gasteiger partial charge in [0.1, 0.15) is 11.5 Å². The van der Waals surface area contributed by atoms with Gasteiger partial charge < -0.3 is 24.4 Å². The lowest BCUT2D eigenvalue weighted by Gasteiger charge is -2.26. The van der Waals surface area contributed by atoms with Crippen molar-refractivity contribution in [2.75, 3.05) is 45.9 Å². The SMILES string of the molecule is CCOc1ccc(/C(O)=C2/C(=O)C(=O)N(CCCOC)C2c2ccc(N(C)C)cc2)cc1C(C)(C)C. The molecule has 1 unspecified atom stereocenters. The molecule has 2 aromatic rings. The third-order valence-electron chi connectivity index (χ3n) is 6.37. The van der Waals surface area contributed by atoms with Crippen LogP contribution in [0.5, 0.6) is 5.75 Å². The summed E-state index contributed by atoms with van der Waals surface area (Å²) in [5, 5.41) is 11.5. The highest BCUT2D eigenvalue weighted by molar-refractivity contribution is 6.46. The quantitative estimate of drug-likeness (QED) is 0.231. The van der Waals surface area contributed by atoms with Gasteiger partial charge in [-0.25, -0.2) is 0 Å². The summed E-state index contributed by atoms with van der Waals surface area (Å²) >= 11 is 0. The third-order valence-corrected chi connectivity index (χ3v) is 6.37. The second kappa shape index (κ2) is 11.2. The molecule has 7 heteroatoms. The normalized spacial score (nSPS) is 17.5. The van der Waals surface area contributed by atoms with Gasteiger partial charge in [0.25, 0.3) is 11.7 Å². The average molecular weight is 495 g/mol. The number of carbonyl (C=O) groups is 2. The molecule has 1 N–H and O–H groups in total. The molecule has 36 heavy (non-hydrogen) atoms. The van der Waals surface area contributed by atoms with Crippen molar-refractivity contribution in [3.8, 4) is 5.75 Å². The van der Waals surface area contributed by atoms with Crippen LogP contribution in [0, 0.1) is 0 Å². The molecular formula is C29H38N2O5. The number of carbonyl (C=O) groups excluding carboxylic acids is 2. The molecule has 0 saturated carbocycles. The predicted octanol–water partition coefficient (Wildman–Crippen LogP) is 4.91. The van der Waals surface area contributed by atoms with Crippen molar-refractivity contribution in [3.63, 3.8) is 0 Å². The number of amides is 1. The van der Waals surface area contributed by atoms with Crippen molar-refractivity contribution in [2.45, 2.75) is 45.6 Å². The summed E-state index contributed by atoms with van der Waals surface area (Å²) in [4.78, 5) is 30.0. The van der Waals surface area contributed by atoms with Crippen molar-refractivity contribution in [1.82, 2.24) is 4.90 Å². The lowest BCUT2D eigenvalue weighted by molar-refractivity contribution is -0.140. The third kappa shape index (κ3) is 5.57. The number of nitrogens with zero attached hydrogens (tertiary/aromatic N) is 2. The Morgan fingerprint density at radius 2 is 1.75 bits per heavy atom. The number of aliphatic hydroxyl groups is 1. The molecule has 1 atom stereocenters. The highest BCUT2D eigenvalue weighted by Gasteiger charge is 2.45. The van der Waals surface area contributed by atoms with Crippen molar-refractivity contribution in [2.24, 2.45) is 0 Å². The molecule has 1 amide bonds. The first-order chi connectivity index (χ1) is 17.0. The summed E-state index contributed by atoms with van der Waals surface area (Å²) in [7, 11) is 5.50. The molecular weight excluding hydrogens is 456 g/mol. The van der Waals surface area contributed by atoms with Gasteiger partial charge in [-0.05, 0) is 54.7 Å². The first-order valence-electron chi connectivity index (χ1n) is 12.3. The number of ketones is 1. The Balaban J connectivity index is 2.17. The first kappa shape index (κ1) is 27.3. The van der Waals surface area contributed by atoms with E-state index in [4.69, 9.17) is 9.47 Å². The zero-order valence-electron chi connectivity index (χ0n) is 22.4. The Bertz CT molecular complexity index is 1130. The second-order valence-corrected chi connectivity index (χ2v) is 10.2. The van der Waals surface area contributed by atoms with Gasteiger partial charge in [-0.3, -0.25) is 9.59 Å². The molecule has 7 nitrogen and oxygen atoms in total. The van der Waals surface area contributed by atoms with Gasteiger partial charge in [0.05, 0.1) is 18.2 Å². The highest BCUT2D eigenvalue weighted by Crippen LogP contribution is 2.41. The van der Waals surface area contributed by atoms with Crippen LogP contribution >= 0.6 is 0 Å². The largest absolute Gasteiger partial charge is 0.507 e. The van der Waals surface area contributed by atoms with Crippen molar-refractivity contribution in [3.05, 3.63) is 64.7 Å². The topological polar surface area (TPSA) is 79.3 Å². The van der Waals surface area contributed by atoms with Crippen LogP contribution in [0.25, 0.3) is 5.76 Å². The molecule has 1 saturated heterocycles. The first-order valence-corrected chi connectivity index (χ1v) is 12.3. The molecule has 0 aliphatic carbocycles. The average Bonchev–Trinajstić information content (AvgIpc) is 3.08. The summed E-state index contributed by atoms with van der Waals surface area (Å²) in [5.74, 6) is -0.746. The van der Waals surface area contributed by atoms with Gasteiger partial charge in [-0.1, -0.05) is 32.9 Å². The van der Waals surface area contributed by atoms with E-state index in [0.717, 1.165) is 22.6 Å². The van der Waals surface area contributed by atoms with Gasteiger partial charge in [0.15, 0.2) is 0 Å². The Kier molecular flexibility index (Phi) is 8.46. The number of hydrogen-bond acceptors (Lipinski definition) is 6. The van der Waals surface area contributed by atoms with E-state index in [0.29, 0.717) is 31.7 Å². The molecule has 1 aliphatic heterocycles. The number of hydrogen-bond donors (Lipinski definition) is 1. The second-order valence-electron chi connectivity index (χ2n) is 10.2. The molecule has 0 bridgehead atoms. The number of methoxy groups -OCH3 is 1. The monoisotopic (exact) mass is 494 g/mol. The Hall–Kier alpha value is -3.32. The van der Waals surface area contributed by atoms with Crippen LogP contribution in [-0.4, -0.2) is 62.7 Å². The maximum absolute atomic E-state index is 13.3. The predicted molar refractivity (Wildman–Crippen MR) is 143 cm³/mol. The fourth-order valence-corrected chi connectivity index (χ4v) is 4.49. The molecule has 1 aliphatic rings. The smallest absolute Gasteiger partial charge is 0.295 e. The lowest BCUT2D eigenvalue weighted by Crippen LogP contribution is -2.31. The van der Waals surface area contributed by atoms with Crippen molar-refractivity contribution in [1.29, 1.82) is 0 Å². The van der Waals surface area contributed by atoms with Crippen molar-refractivity contribution < 1.29 is 24.2 Å². The van der Waals surface area contributed by atoms with E-state index < -0.39 is 17.7 Å². The molecule has 1 heterocycles. The fraction of sp³-hybridized carbons (Fsp3) is 0.448. The number of anilines is 1. The minimum absolute atomic E-state index is 0.0963. The molecule has 0 spiro atoms. The van der Waals surface area contributed by atoms with Gasteiger partial charge in [0.2, 0.25) is 0 Å². The van der Waals surface area contributed by atoms with Crippen LogP contribution in [0.1, 0.15) is 56.8 Å². The summed E-state index contributed by atoms with van der Waals surface area (Å²) < 4.78 is 11.0. The maximum Gasteiger partial charge on any atom is 0.295 e. The zero-order valence-corrected chi connectivity index (χ0v) is 22.4. The minimum atomic E-state index is -0.692. The Morgan fingerprint density at radius 3 is 2.31 bits per heavy atom. The number of aliphatic hydroxyl groups excluding tert-OH is 1. The Labute approximate surface area is 214 Å². The van der Waals surface area contributed by atoms with E-state index in [1.807, 2.05) is 62.3 Å². The van der Waals surface area contributed by atoms with Crippen LogP contribution < -0.4 is 9.64 Å². The van der Waals surface area contributed by atoms with Crippen LogP contribution in [-0.2, 0) is 19.7 Å². The van der Waals surface area contributed by atoms with Gasteiger partial charge in [-0.15, -0.1) is 0 Å². The van der Waals surface area contributed by atoms with Gasteiger partial charge in [0, 0.05) is 51.2 Å². The molecule has 3 rings (SSSR count). The van der Waals surface area contributed by atoms with Crippen molar-refractivity contribution >= 4 is 23.1 Å². The summed E-state index contributed by atoms with van der Waals surface area (Å²) in [5.41, 5.74) is 2.99. The maximum atomic E-state index is 13.3. The lowest BCUT2D eigenvalue weighted by atomic mass is 9.84. The summed E-state index contributed by atoms with van der Waals surface area (Å²) in [6, 6.07) is 12.4.